The molecule has 2 fully saturated rings. The van der Waals surface area contributed by atoms with E-state index in [9.17, 15) is 14.0 Å². The molecule has 1 amide bonds. The Kier molecular flexibility index (Phi) is 7.17. The highest BCUT2D eigenvalue weighted by Gasteiger charge is 2.26. The van der Waals surface area contributed by atoms with Gasteiger partial charge in [0.25, 0.3) is 0 Å². The smallest absolute Gasteiger partial charge is 0.234 e. The molecular weight excluding hydrogens is 407 g/mol. The molecule has 4 rings (SSSR count). The SMILES string of the molecule is CC(=O)c1ccc(N2CCN(CC(=O)NC3CCN(Cc4ccccc4)C3)CC2)c(F)c1. The molecule has 1 atom stereocenters. The van der Waals surface area contributed by atoms with Gasteiger partial charge in [-0.1, -0.05) is 30.3 Å². The second kappa shape index (κ2) is 10.2. The lowest BCUT2D eigenvalue weighted by molar-refractivity contribution is -0.123. The van der Waals surface area contributed by atoms with Crippen LogP contribution in [0.2, 0.25) is 0 Å². The third kappa shape index (κ3) is 5.72. The average Bonchev–Trinajstić information content (AvgIpc) is 3.21. The lowest BCUT2D eigenvalue weighted by atomic mass is 10.1. The van der Waals surface area contributed by atoms with E-state index < -0.39 is 0 Å². The van der Waals surface area contributed by atoms with Crippen molar-refractivity contribution in [3.63, 3.8) is 0 Å². The number of nitrogens with one attached hydrogen (secondary N) is 1. The van der Waals surface area contributed by atoms with Gasteiger partial charge in [0.2, 0.25) is 5.91 Å². The van der Waals surface area contributed by atoms with Crippen molar-refractivity contribution < 1.29 is 14.0 Å². The first-order valence-electron chi connectivity index (χ1n) is 11.3. The highest BCUT2D eigenvalue weighted by molar-refractivity contribution is 5.94. The number of carbonyl (C=O) groups excluding carboxylic acids is 2. The fourth-order valence-electron chi connectivity index (χ4n) is 4.54. The first kappa shape index (κ1) is 22.4. The Morgan fingerprint density at radius 3 is 2.44 bits per heavy atom. The molecule has 0 aromatic heterocycles. The van der Waals surface area contributed by atoms with E-state index in [-0.39, 0.29) is 23.5 Å². The number of rotatable bonds is 7. The van der Waals surface area contributed by atoms with Crippen LogP contribution in [0.25, 0.3) is 0 Å². The van der Waals surface area contributed by atoms with Crippen molar-refractivity contribution in [2.24, 2.45) is 0 Å². The summed E-state index contributed by atoms with van der Waals surface area (Å²) in [5.41, 5.74) is 2.20. The van der Waals surface area contributed by atoms with Crippen LogP contribution in [0.4, 0.5) is 10.1 Å². The van der Waals surface area contributed by atoms with Crippen molar-refractivity contribution in [1.29, 1.82) is 0 Å². The van der Waals surface area contributed by atoms with Crippen LogP contribution in [0.3, 0.4) is 0 Å². The molecule has 2 aliphatic heterocycles. The van der Waals surface area contributed by atoms with E-state index in [2.05, 4.69) is 39.4 Å². The maximum atomic E-state index is 14.4. The highest BCUT2D eigenvalue weighted by atomic mass is 19.1. The number of hydrogen-bond acceptors (Lipinski definition) is 5. The van der Waals surface area contributed by atoms with Crippen LogP contribution < -0.4 is 10.2 Å². The van der Waals surface area contributed by atoms with E-state index in [0.29, 0.717) is 44.0 Å². The molecular formula is C25H31FN4O2. The Morgan fingerprint density at radius 1 is 1.00 bits per heavy atom. The zero-order valence-electron chi connectivity index (χ0n) is 18.6. The summed E-state index contributed by atoms with van der Waals surface area (Å²) in [5, 5.41) is 3.18. The fourth-order valence-corrected chi connectivity index (χ4v) is 4.54. The van der Waals surface area contributed by atoms with Crippen molar-refractivity contribution >= 4 is 17.4 Å². The Hall–Kier alpha value is -2.77. The topological polar surface area (TPSA) is 55.9 Å². The average molecular weight is 439 g/mol. The largest absolute Gasteiger partial charge is 0.367 e. The third-order valence-corrected chi connectivity index (χ3v) is 6.32. The molecule has 2 aliphatic rings. The Labute approximate surface area is 189 Å². The Bertz CT molecular complexity index is 944. The minimum atomic E-state index is -0.370. The molecule has 170 valence electrons. The van der Waals surface area contributed by atoms with Crippen LogP contribution in [0.1, 0.15) is 29.3 Å². The van der Waals surface area contributed by atoms with Crippen LogP contribution in [-0.2, 0) is 11.3 Å². The second-order valence-corrected chi connectivity index (χ2v) is 8.76. The molecule has 6 nitrogen and oxygen atoms in total. The molecule has 2 heterocycles. The quantitative estimate of drug-likeness (QED) is 0.674. The predicted octanol–water partition coefficient (Wildman–Crippen LogP) is 2.54. The van der Waals surface area contributed by atoms with Crippen molar-refractivity contribution in [2.75, 3.05) is 50.7 Å². The number of amides is 1. The van der Waals surface area contributed by atoms with Crippen LogP contribution in [0.5, 0.6) is 0 Å². The normalized spacial score (nSPS) is 19.8. The van der Waals surface area contributed by atoms with Gasteiger partial charge in [-0.2, -0.15) is 0 Å². The summed E-state index contributed by atoms with van der Waals surface area (Å²) in [4.78, 5) is 30.5. The number of benzene rings is 2. The van der Waals surface area contributed by atoms with Crippen molar-refractivity contribution in [2.45, 2.75) is 25.9 Å². The standard InChI is InChI=1S/C25H31FN4O2/c1-19(31)21-7-8-24(23(26)15-21)30-13-11-28(12-14-30)18-25(32)27-22-9-10-29(17-22)16-20-5-3-2-4-6-20/h2-8,15,22H,9-14,16-18H2,1H3,(H,27,32). The van der Waals surface area contributed by atoms with Gasteiger partial charge in [0.05, 0.1) is 12.2 Å². The van der Waals surface area contributed by atoms with Crippen molar-refractivity contribution in [3.05, 3.63) is 65.5 Å². The monoisotopic (exact) mass is 438 g/mol. The van der Waals surface area contributed by atoms with E-state index in [0.717, 1.165) is 26.1 Å². The molecule has 2 aromatic rings. The number of Topliss-reactive ketones (excluding diaryl/α,β-unsaturated/α-hetero) is 1. The summed E-state index contributed by atoms with van der Waals surface area (Å²) >= 11 is 0. The summed E-state index contributed by atoms with van der Waals surface area (Å²) in [6.07, 6.45) is 0.974. The first-order valence-corrected chi connectivity index (χ1v) is 11.3. The van der Waals surface area contributed by atoms with E-state index in [1.165, 1.54) is 18.6 Å². The minimum Gasteiger partial charge on any atom is -0.367 e. The zero-order valence-corrected chi connectivity index (χ0v) is 18.6. The predicted molar refractivity (Wildman–Crippen MR) is 123 cm³/mol. The summed E-state index contributed by atoms with van der Waals surface area (Å²) in [5.74, 6) is -0.455. The molecule has 7 heteroatoms. The molecule has 0 bridgehead atoms. The molecule has 0 aliphatic carbocycles. The number of ketones is 1. The number of piperazine rings is 1. The highest BCUT2D eigenvalue weighted by Crippen LogP contribution is 2.22. The number of halogens is 1. The third-order valence-electron chi connectivity index (χ3n) is 6.32. The van der Waals surface area contributed by atoms with E-state index in [4.69, 9.17) is 0 Å². The van der Waals surface area contributed by atoms with Crippen LogP contribution in [0, 0.1) is 5.82 Å². The molecule has 0 radical (unpaired) electrons. The van der Waals surface area contributed by atoms with E-state index in [1.54, 1.807) is 12.1 Å². The van der Waals surface area contributed by atoms with Gasteiger partial charge in [0.1, 0.15) is 5.82 Å². The van der Waals surface area contributed by atoms with Gasteiger partial charge in [-0.3, -0.25) is 19.4 Å². The lowest BCUT2D eigenvalue weighted by Crippen LogP contribution is -2.51. The molecule has 2 saturated heterocycles. The van der Waals surface area contributed by atoms with Gasteiger partial charge in [-0.05, 0) is 37.1 Å². The van der Waals surface area contributed by atoms with Gasteiger partial charge in [-0.25, -0.2) is 4.39 Å². The zero-order chi connectivity index (χ0) is 22.5. The lowest BCUT2D eigenvalue weighted by Gasteiger charge is -2.36. The molecule has 32 heavy (non-hydrogen) atoms. The summed E-state index contributed by atoms with van der Waals surface area (Å²) in [6.45, 7) is 7.29. The minimum absolute atomic E-state index is 0.0574. The van der Waals surface area contributed by atoms with E-state index in [1.807, 2.05) is 11.0 Å². The Balaban J connectivity index is 1.20. The Morgan fingerprint density at radius 2 is 1.75 bits per heavy atom. The van der Waals surface area contributed by atoms with E-state index >= 15 is 0 Å². The molecule has 0 spiro atoms. The first-order chi connectivity index (χ1) is 15.5. The van der Waals surface area contributed by atoms with Gasteiger partial charge < -0.3 is 10.2 Å². The van der Waals surface area contributed by atoms with Crippen molar-refractivity contribution in [1.82, 2.24) is 15.1 Å². The number of likely N-dealkylation sites (tertiary alicyclic amines) is 1. The molecule has 1 N–H and O–H groups in total. The second-order valence-electron chi connectivity index (χ2n) is 8.76. The summed E-state index contributed by atoms with van der Waals surface area (Å²) in [7, 11) is 0. The number of carbonyl (C=O) groups is 2. The maximum absolute atomic E-state index is 14.4. The maximum Gasteiger partial charge on any atom is 0.234 e. The van der Waals surface area contributed by atoms with Crippen LogP contribution in [-0.4, -0.2) is 73.3 Å². The summed E-state index contributed by atoms with van der Waals surface area (Å²) in [6, 6.07) is 15.3. The van der Waals surface area contributed by atoms with Gasteiger partial charge in [0.15, 0.2) is 5.78 Å². The number of hydrogen-bond donors (Lipinski definition) is 1. The molecule has 0 saturated carbocycles. The van der Waals surface area contributed by atoms with Gasteiger partial charge >= 0.3 is 0 Å². The molecule has 2 aromatic carbocycles. The number of nitrogens with zero attached hydrogens (tertiary/aromatic N) is 3. The fraction of sp³-hybridized carbons (Fsp3) is 0.440. The van der Waals surface area contributed by atoms with Crippen molar-refractivity contribution in [3.8, 4) is 0 Å². The number of anilines is 1. The summed E-state index contributed by atoms with van der Waals surface area (Å²) < 4.78 is 14.4. The van der Waals surface area contributed by atoms with Crippen LogP contribution >= 0.6 is 0 Å². The van der Waals surface area contributed by atoms with Crippen LogP contribution in [0.15, 0.2) is 48.5 Å². The van der Waals surface area contributed by atoms with Gasteiger partial charge in [-0.15, -0.1) is 0 Å². The molecule has 1 unspecified atom stereocenters. The van der Waals surface area contributed by atoms with Gasteiger partial charge in [0, 0.05) is 57.4 Å².